The Balaban J connectivity index is 1.44. The number of likely N-dealkylation sites (tertiary alicyclic amines) is 1. The maximum atomic E-state index is 13.7. The number of rotatable bonds is 7. The number of nitro groups is 1. The van der Waals surface area contributed by atoms with Crippen LogP contribution in [0, 0.1) is 10.1 Å². The highest BCUT2D eigenvalue weighted by atomic mass is 16.6. The number of imidazole rings is 1. The first-order valence-corrected chi connectivity index (χ1v) is 12.2. The van der Waals surface area contributed by atoms with Gasteiger partial charge in [0.1, 0.15) is 6.61 Å². The molecule has 9 heteroatoms. The fourth-order valence-electron chi connectivity index (χ4n) is 5.15. The number of anilines is 1. The lowest BCUT2D eigenvalue weighted by Gasteiger charge is -2.35. The van der Waals surface area contributed by atoms with Crippen LogP contribution in [0.4, 0.5) is 11.6 Å². The molecule has 0 amide bonds. The quantitative estimate of drug-likeness (QED) is 0.289. The molecule has 1 fully saturated rings. The van der Waals surface area contributed by atoms with Gasteiger partial charge >= 0.3 is 5.97 Å². The third-order valence-electron chi connectivity index (χ3n) is 6.93. The monoisotopic (exact) mass is 487 g/mol. The lowest BCUT2D eigenvalue weighted by Crippen LogP contribution is -2.37. The second-order valence-electron chi connectivity index (χ2n) is 9.20. The van der Waals surface area contributed by atoms with Gasteiger partial charge in [-0.15, -0.1) is 0 Å². The zero-order chi connectivity index (χ0) is 25.1. The Kier molecular flexibility index (Phi) is 6.81. The molecule has 5 rings (SSSR count). The molecule has 2 aromatic carbocycles. The number of carbonyl (C=O) groups excluding carboxylic acids is 1. The Morgan fingerprint density at radius 2 is 1.94 bits per heavy atom. The second kappa shape index (κ2) is 10.3. The van der Waals surface area contributed by atoms with Crippen molar-refractivity contribution >= 4 is 17.6 Å². The Morgan fingerprint density at radius 3 is 2.69 bits per heavy atom. The number of aromatic nitrogens is 2. The molecule has 9 nitrogen and oxygen atoms in total. The van der Waals surface area contributed by atoms with Gasteiger partial charge in [-0.2, -0.15) is 0 Å². The van der Waals surface area contributed by atoms with E-state index in [1.54, 1.807) is 31.5 Å². The molecule has 1 aromatic heterocycles. The van der Waals surface area contributed by atoms with Crippen molar-refractivity contribution in [1.82, 2.24) is 14.5 Å². The maximum absolute atomic E-state index is 13.7. The number of hydrogen-bond acceptors (Lipinski definition) is 7. The van der Waals surface area contributed by atoms with E-state index in [0.717, 1.165) is 31.5 Å². The Labute approximate surface area is 209 Å². The number of carbonyl (C=O) groups is 1. The van der Waals surface area contributed by atoms with Crippen molar-refractivity contribution < 1.29 is 14.5 Å². The molecule has 0 spiro atoms. The van der Waals surface area contributed by atoms with Gasteiger partial charge in [-0.25, -0.2) is 9.78 Å². The molecule has 1 saturated heterocycles. The largest absolute Gasteiger partial charge is 0.460 e. The SMILES string of the molecule is CC1=C(C(=O)OCC(c2ccccc2)N2CCCCC2)C(c2cccc([N+](=O)[O-])c2)n2ccnc2N1. The third-order valence-corrected chi connectivity index (χ3v) is 6.93. The third kappa shape index (κ3) is 4.74. The molecule has 1 N–H and O–H groups in total. The minimum Gasteiger partial charge on any atom is -0.460 e. The lowest BCUT2D eigenvalue weighted by molar-refractivity contribution is -0.384. The summed E-state index contributed by atoms with van der Waals surface area (Å²) in [6.07, 6.45) is 6.86. The Bertz CT molecular complexity index is 1280. The van der Waals surface area contributed by atoms with E-state index in [4.69, 9.17) is 4.74 Å². The van der Waals surface area contributed by atoms with E-state index in [1.165, 1.54) is 18.6 Å². The molecule has 0 aliphatic carbocycles. The molecule has 3 aromatic rings. The van der Waals surface area contributed by atoms with Crippen molar-refractivity contribution in [3.63, 3.8) is 0 Å². The predicted octanol–water partition coefficient (Wildman–Crippen LogP) is 4.85. The Hall–Kier alpha value is -3.98. The molecule has 186 valence electrons. The van der Waals surface area contributed by atoms with Crippen LogP contribution in [0.25, 0.3) is 0 Å². The number of benzene rings is 2. The molecular weight excluding hydrogens is 458 g/mol. The van der Waals surface area contributed by atoms with Crippen molar-refractivity contribution in [1.29, 1.82) is 0 Å². The summed E-state index contributed by atoms with van der Waals surface area (Å²) in [7, 11) is 0. The zero-order valence-electron chi connectivity index (χ0n) is 20.2. The molecule has 2 aliphatic heterocycles. The molecular formula is C27H29N5O4. The molecule has 2 unspecified atom stereocenters. The summed E-state index contributed by atoms with van der Waals surface area (Å²) in [6, 6.07) is 15.9. The number of esters is 1. The molecule has 2 aliphatic rings. The minimum absolute atomic E-state index is 0.0343. The van der Waals surface area contributed by atoms with E-state index >= 15 is 0 Å². The van der Waals surface area contributed by atoms with Gasteiger partial charge in [0.2, 0.25) is 5.95 Å². The van der Waals surface area contributed by atoms with Gasteiger partial charge in [-0.05, 0) is 44.0 Å². The summed E-state index contributed by atoms with van der Waals surface area (Å²) in [5.41, 5.74) is 2.72. The smallest absolute Gasteiger partial charge is 0.338 e. The Morgan fingerprint density at radius 1 is 1.17 bits per heavy atom. The van der Waals surface area contributed by atoms with Crippen LogP contribution in [-0.2, 0) is 9.53 Å². The number of nitrogens with zero attached hydrogens (tertiary/aromatic N) is 4. The average Bonchev–Trinajstić information content (AvgIpc) is 3.37. The summed E-state index contributed by atoms with van der Waals surface area (Å²) < 4.78 is 7.80. The van der Waals surface area contributed by atoms with Crippen molar-refractivity contribution in [2.45, 2.75) is 38.3 Å². The fourth-order valence-corrected chi connectivity index (χ4v) is 5.15. The number of ether oxygens (including phenoxy) is 1. The first-order chi connectivity index (χ1) is 17.5. The van der Waals surface area contributed by atoms with Crippen LogP contribution >= 0.6 is 0 Å². The maximum Gasteiger partial charge on any atom is 0.338 e. The zero-order valence-corrected chi connectivity index (χ0v) is 20.2. The number of hydrogen-bond donors (Lipinski definition) is 1. The molecule has 3 heterocycles. The van der Waals surface area contributed by atoms with Crippen LogP contribution in [0.1, 0.15) is 49.4 Å². The van der Waals surface area contributed by atoms with Crippen LogP contribution in [0.15, 0.2) is 78.3 Å². The highest BCUT2D eigenvalue weighted by Crippen LogP contribution is 2.37. The number of fused-ring (bicyclic) bond motifs is 1. The summed E-state index contributed by atoms with van der Waals surface area (Å²) >= 11 is 0. The van der Waals surface area contributed by atoms with Crippen LogP contribution in [0.3, 0.4) is 0 Å². The first-order valence-electron chi connectivity index (χ1n) is 12.2. The van der Waals surface area contributed by atoms with Crippen LogP contribution < -0.4 is 5.32 Å². The van der Waals surface area contributed by atoms with Gasteiger partial charge in [0.05, 0.1) is 22.6 Å². The van der Waals surface area contributed by atoms with Gasteiger partial charge in [-0.1, -0.05) is 48.9 Å². The van der Waals surface area contributed by atoms with E-state index in [-0.39, 0.29) is 18.3 Å². The van der Waals surface area contributed by atoms with Gasteiger partial charge in [0, 0.05) is 30.2 Å². The van der Waals surface area contributed by atoms with Gasteiger partial charge < -0.3 is 14.6 Å². The molecule has 36 heavy (non-hydrogen) atoms. The summed E-state index contributed by atoms with van der Waals surface area (Å²) in [5.74, 6) is 0.116. The average molecular weight is 488 g/mol. The highest BCUT2D eigenvalue weighted by Gasteiger charge is 2.35. The lowest BCUT2D eigenvalue weighted by atomic mass is 9.95. The van der Waals surface area contributed by atoms with Crippen LogP contribution in [0.2, 0.25) is 0 Å². The number of piperidine rings is 1. The standard InChI is InChI=1S/C27H29N5O4/c1-19-24(25(31-16-13-28-27(31)29-19)21-11-8-12-22(17-21)32(34)35)26(33)36-18-23(20-9-4-2-5-10-20)30-14-6-3-7-15-30/h2,4-5,8-13,16-17,23,25H,3,6-7,14-15,18H2,1H3,(H,28,29). The second-order valence-corrected chi connectivity index (χ2v) is 9.20. The van der Waals surface area contributed by atoms with Crippen LogP contribution in [-0.4, -0.2) is 45.0 Å². The molecule has 0 radical (unpaired) electrons. The summed E-state index contributed by atoms with van der Waals surface area (Å²) in [4.78, 5) is 31.4. The number of nitro benzene ring substituents is 1. The number of allylic oxidation sites excluding steroid dienone is 1. The van der Waals surface area contributed by atoms with E-state index in [9.17, 15) is 14.9 Å². The highest BCUT2D eigenvalue weighted by molar-refractivity contribution is 5.92. The minimum atomic E-state index is -0.596. The first kappa shape index (κ1) is 23.7. The van der Waals surface area contributed by atoms with Crippen molar-refractivity contribution in [3.05, 3.63) is 99.5 Å². The predicted molar refractivity (Wildman–Crippen MR) is 135 cm³/mol. The molecule has 2 atom stereocenters. The van der Waals surface area contributed by atoms with Gasteiger partial charge in [0.15, 0.2) is 0 Å². The summed E-state index contributed by atoms with van der Waals surface area (Å²) in [6.45, 7) is 3.96. The topological polar surface area (TPSA) is 103 Å². The number of non-ortho nitro benzene ring substituents is 1. The van der Waals surface area contributed by atoms with E-state index in [0.29, 0.717) is 22.8 Å². The normalized spacial score (nSPS) is 18.8. The van der Waals surface area contributed by atoms with Crippen molar-refractivity contribution in [2.75, 3.05) is 25.0 Å². The fraction of sp³-hybridized carbons (Fsp3) is 0.333. The summed E-state index contributed by atoms with van der Waals surface area (Å²) in [5, 5.41) is 14.6. The van der Waals surface area contributed by atoms with E-state index in [2.05, 4.69) is 27.3 Å². The number of nitrogens with one attached hydrogen (secondary N) is 1. The molecule has 0 bridgehead atoms. The van der Waals surface area contributed by atoms with Crippen molar-refractivity contribution in [3.8, 4) is 0 Å². The van der Waals surface area contributed by atoms with Gasteiger partial charge in [-0.3, -0.25) is 15.0 Å². The van der Waals surface area contributed by atoms with E-state index < -0.39 is 16.9 Å². The van der Waals surface area contributed by atoms with Crippen LogP contribution in [0.5, 0.6) is 0 Å². The van der Waals surface area contributed by atoms with Gasteiger partial charge in [0.25, 0.3) is 5.69 Å². The van der Waals surface area contributed by atoms with Crippen molar-refractivity contribution in [2.24, 2.45) is 0 Å². The molecule has 0 saturated carbocycles. The van der Waals surface area contributed by atoms with E-state index in [1.807, 2.05) is 22.8 Å².